The Balaban J connectivity index is 1.62. The molecule has 0 spiro atoms. The lowest BCUT2D eigenvalue weighted by molar-refractivity contribution is -0.113. The smallest absolute Gasteiger partial charge is 0.234 e. The molecule has 1 aromatic heterocycles. The van der Waals surface area contributed by atoms with Crippen LogP contribution < -0.4 is 10.1 Å². The maximum Gasteiger partial charge on any atom is 0.234 e. The second kappa shape index (κ2) is 8.53. The minimum Gasteiger partial charge on any atom is -0.494 e. The van der Waals surface area contributed by atoms with Gasteiger partial charge >= 0.3 is 0 Å². The molecule has 2 aromatic carbocycles. The third kappa shape index (κ3) is 4.97. The monoisotopic (exact) mass is 500 g/mol. The molecule has 0 aliphatic rings. The van der Waals surface area contributed by atoms with Crippen LogP contribution in [0.5, 0.6) is 5.75 Å². The lowest BCUT2D eigenvalue weighted by Crippen LogP contribution is -2.14. The second-order valence-corrected chi connectivity index (χ2v) is 9.03. The number of carbonyl (C=O) groups excluding carboxylic acids is 1. The standard InChI is InChI=1S/C17H14Br2N2O2S2/c1-2-23-11-4-6-14-15(8-11)25-17(21-14)24-9-16(22)20-13-5-3-10(18)7-12(13)19/h3-8H,2,9H2,1H3,(H,20,22). The Hall–Kier alpha value is -1.09. The first-order valence-electron chi connectivity index (χ1n) is 7.46. The van der Waals surface area contributed by atoms with Crippen molar-refractivity contribution in [1.82, 2.24) is 4.98 Å². The quantitative estimate of drug-likeness (QED) is 0.424. The number of thioether (sulfide) groups is 1. The Morgan fingerprint density at radius 2 is 2.12 bits per heavy atom. The number of ether oxygens (including phenoxy) is 1. The van der Waals surface area contributed by atoms with E-state index in [2.05, 4.69) is 42.2 Å². The fraction of sp³-hybridized carbons (Fsp3) is 0.176. The van der Waals surface area contributed by atoms with Crippen LogP contribution in [-0.4, -0.2) is 23.3 Å². The highest BCUT2D eigenvalue weighted by molar-refractivity contribution is 9.11. The van der Waals surface area contributed by atoms with Crippen LogP contribution in [0.3, 0.4) is 0 Å². The second-order valence-electron chi connectivity index (χ2n) is 5.00. The van der Waals surface area contributed by atoms with E-state index in [1.54, 1.807) is 11.3 Å². The lowest BCUT2D eigenvalue weighted by Gasteiger charge is -2.06. The molecule has 0 fully saturated rings. The van der Waals surface area contributed by atoms with Crippen LogP contribution >= 0.6 is 55.0 Å². The molecule has 0 aliphatic carbocycles. The number of fused-ring (bicyclic) bond motifs is 1. The fourth-order valence-corrected chi connectivity index (χ4v) is 5.15. The highest BCUT2D eigenvalue weighted by atomic mass is 79.9. The van der Waals surface area contributed by atoms with E-state index in [9.17, 15) is 4.79 Å². The molecule has 3 rings (SSSR count). The molecule has 0 bridgehead atoms. The average molecular weight is 502 g/mol. The number of hydrogen-bond donors (Lipinski definition) is 1. The zero-order valence-electron chi connectivity index (χ0n) is 13.2. The minimum atomic E-state index is -0.0673. The highest BCUT2D eigenvalue weighted by Crippen LogP contribution is 2.32. The van der Waals surface area contributed by atoms with Gasteiger partial charge < -0.3 is 10.1 Å². The van der Waals surface area contributed by atoms with Crippen LogP contribution in [0.1, 0.15) is 6.92 Å². The third-order valence-corrected chi connectivity index (χ3v) is 6.49. The number of nitrogens with one attached hydrogen (secondary N) is 1. The van der Waals surface area contributed by atoms with Crippen LogP contribution in [0.4, 0.5) is 5.69 Å². The van der Waals surface area contributed by atoms with Crippen molar-refractivity contribution < 1.29 is 9.53 Å². The van der Waals surface area contributed by atoms with E-state index in [0.717, 1.165) is 34.9 Å². The predicted molar refractivity (Wildman–Crippen MR) is 112 cm³/mol. The van der Waals surface area contributed by atoms with Crippen LogP contribution in [0.2, 0.25) is 0 Å². The number of thiazole rings is 1. The number of hydrogen-bond acceptors (Lipinski definition) is 5. The Morgan fingerprint density at radius 3 is 2.88 bits per heavy atom. The summed E-state index contributed by atoms with van der Waals surface area (Å²) in [6.45, 7) is 2.60. The maximum atomic E-state index is 12.2. The molecule has 130 valence electrons. The van der Waals surface area contributed by atoms with Crippen LogP contribution in [0.25, 0.3) is 10.2 Å². The summed E-state index contributed by atoms with van der Waals surface area (Å²) in [7, 11) is 0. The highest BCUT2D eigenvalue weighted by Gasteiger charge is 2.10. The zero-order valence-corrected chi connectivity index (χ0v) is 18.0. The molecule has 0 atom stereocenters. The lowest BCUT2D eigenvalue weighted by atomic mass is 10.3. The Kier molecular flexibility index (Phi) is 6.38. The zero-order chi connectivity index (χ0) is 17.8. The van der Waals surface area contributed by atoms with Gasteiger partial charge in [-0.15, -0.1) is 11.3 Å². The van der Waals surface area contributed by atoms with Gasteiger partial charge in [0, 0.05) is 8.95 Å². The van der Waals surface area contributed by atoms with Crippen molar-refractivity contribution >= 4 is 76.8 Å². The fourth-order valence-electron chi connectivity index (χ4n) is 2.11. The van der Waals surface area contributed by atoms with Gasteiger partial charge in [0.25, 0.3) is 0 Å². The van der Waals surface area contributed by atoms with E-state index in [4.69, 9.17) is 4.74 Å². The maximum absolute atomic E-state index is 12.2. The van der Waals surface area contributed by atoms with E-state index < -0.39 is 0 Å². The van der Waals surface area contributed by atoms with Gasteiger partial charge in [0.15, 0.2) is 4.34 Å². The number of nitrogens with zero attached hydrogens (tertiary/aromatic N) is 1. The number of rotatable bonds is 6. The van der Waals surface area contributed by atoms with Crippen LogP contribution in [0.15, 0.2) is 49.7 Å². The number of halogens is 2. The van der Waals surface area contributed by atoms with Crippen molar-refractivity contribution in [3.63, 3.8) is 0 Å². The molecule has 1 heterocycles. The topological polar surface area (TPSA) is 51.2 Å². The molecule has 1 N–H and O–H groups in total. The largest absolute Gasteiger partial charge is 0.494 e. The van der Waals surface area contributed by atoms with Gasteiger partial charge in [-0.1, -0.05) is 27.7 Å². The van der Waals surface area contributed by atoms with Crippen LogP contribution in [0, 0.1) is 0 Å². The van der Waals surface area contributed by atoms with Gasteiger partial charge in [0.2, 0.25) is 5.91 Å². The summed E-state index contributed by atoms with van der Waals surface area (Å²) in [6, 6.07) is 11.5. The number of benzene rings is 2. The van der Waals surface area contributed by atoms with E-state index in [0.29, 0.717) is 12.4 Å². The first-order valence-corrected chi connectivity index (χ1v) is 10.8. The predicted octanol–water partition coefficient (Wildman–Crippen LogP) is 5.95. The van der Waals surface area contributed by atoms with Crippen molar-refractivity contribution in [2.75, 3.05) is 17.7 Å². The number of aromatic nitrogens is 1. The molecule has 0 radical (unpaired) electrons. The van der Waals surface area contributed by atoms with Gasteiger partial charge in [-0.25, -0.2) is 4.98 Å². The summed E-state index contributed by atoms with van der Waals surface area (Å²) in [5.74, 6) is 1.08. The van der Waals surface area contributed by atoms with Gasteiger partial charge in [-0.05, 0) is 59.3 Å². The van der Waals surface area contributed by atoms with E-state index in [1.807, 2.05) is 43.3 Å². The van der Waals surface area contributed by atoms with E-state index >= 15 is 0 Å². The summed E-state index contributed by atoms with van der Waals surface area (Å²) < 4.78 is 9.22. The third-order valence-electron chi connectivity index (χ3n) is 3.18. The first-order chi connectivity index (χ1) is 12.0. The molecular formula is C17H14Br2N2O2S2. The summed E-state index contributed by atoms with van der Waals surface area (Å²) in [5, 5.41) is 2.90. The Bertz CT molecular complexity index is 915. The van der Waals surface area contributed by atoms with Crippen LogP contribution in [-0.2, 0) is 4.79 Å². The van der Waals surface area contributed by atoms with Crippen molar-refractivity contribution in [3.05, 3.63) is 45.3 Å². The van der Waals surface area contributed by atoms with Crippen molar-refractivity contribution in [1.29, 1.82) is 0 Å². The molecule has 1 amide bonds. The molecule has 0 unspecified atom stereocenters. The summed E-state index contributed by atoms with van der Waals surface area (Å²) in [5.41, 5.74) is 1.67. The molecule has 8 heteroatoms. The summed E-state index contributed by atoms with van der Waals surface area (Å²) in [4.78, 5) is 16.7. The Labute approximate surface area is 170 Å². The molecule has 4 nitrogen and oxygen atoms in total. The Morgan fingerprint density at radius 1 is 1.28 bits per heavy atom. The summed E-state index contributed by atoms with van der Waals surface area (Å²) >= 11 is 9.83. The number of carbonyl (C=O) groups is 1. The van der Waals surface area contributed by atoms with Crippen molar-refractivity contribution in [2.24, 2.45) is 0 Å². The van der Waals surface area contributed by atoms with Crippen molar-refractivity contribution in [2.45, 2.75) is 11.3 Å². The minimum absolute atomic E-state index is 0.0673. The molecule has 0 saturated heterocycles. The average Bonchev–Trinajstić information content (AvgIpc) is 2.98. The van der Waals surface area contributed by atoms with E-state index in [-0.39, 0.29) is 5.91 Å². The SMILES string of the molecule is CCOc1ccc2nc(SCC(=O)Nc3ccc(Br)cc3Br)sc2c1. The van der Waals surface area contributed by atoms with Gasteiger partial charge in [-0.2, -0.15) is 0 Å². The van der Waals surface area contributed by atoms with Gasteiger partial charge in [0.05, 0.1) is 28.3 Å². The molecule has 25 heavy (non-hydrogen) atoms. The number of anilines is 1. The molecule has 3 aromatic rings. The molecular weight excluding hydrogens is 488 g/mol. The normalized spacial score (nSPS) is 10.8. The molecule has 0 saturated carbocycles. The van der Waals surface area contributed by atoms with E-state index in [1.165, 1.54) is 11.8 Å². The van der Waals surface area contributed by atoms with Crippen molar-refractivity contribution in [3.8, 4) is 5.75 Å². The summed E-state index contributed by atoms with van der Waals surface area (Å²) in [6.07, 6.45) is 0. The van der Waals surface area contributed by atoms with Gasteiger partial charge in [-0.3, -0.25) is 4.79 Å². The van der Waals surface area contributed by atoms with Gasteiger partial charge in [0.1, 0.15) is 5.75 Å². The molecule has 0 aliphatic heterocycles. The first kappa shape index (κ1) is 18.7. The number of amides is 1.